The molecular formula is C24H27N3O3S. The monoisotopic (exact) mass is 437 g/mol. The number of phenols is 1. The van der Waals surface area contributed by atoms with E-state index in [1.165, 1.54) is 16.9 Å². The van der Waals surface area contributed by atoms with E-state index in [2.05, 4.69) is 0 Å². The van der Waals surface area contributed by atoms with Crippen LogP contribution < -0.4 is 5.56 Å². The average molecular weight is 438 g/mol. The van der Waals surface area contributed by atoms with Crippen LogP contribution in [-0.2, 0) is 13.0 Å². The van der Waals surface area contributed by atoms with E-state index in [0.29, 0.717) is 34.1 Å². The summed E-state index contributed by atoms with van der Waals surface area (Å²) < 4.78 is 1.83. The number of thiophene rings is 1. The van der Waals surface area contributed by atoms with Crippen molar-refractivity contribution >= 4 is 27.5 Å². The van der Waals surface area contributed by atoms with Gasteiger partial charge in [0.25, 0.3) is 11.5 Å². The van der Waals surface area contributed by atoms with Crippen LogP contribution in [0.1, 0.15) is 64.6 Å². The minimum atomic E-state index is 0.0146. The van der Waals surface area contributed by atoms with Gasteiger partial charge < -0.3 is 10.0 Å². The number of carbonyl (C=O) groups is 1. The Hall–Kier alpha value is -2.67. The van der Waals surface area contributed by atoms with Gasteiger partial charge in [0.1, 0.15) is 16.4 Å². The van der Waals surface area contributed by atoms with Gasteiger partial charge in [-0.1, -0.05) is 18.6 Å². The summed E-state index contributed by atoms with van der Waals surface area (Å²) in [5.74, 6) is 1.56. The molecule has 7 heteroatoms. The second-order valence-corrected chi connectivity index (χ2v) is 9.69. The number of aromatic hydroxyl groups is 1. The molecule has 1 aromatic carbocycles. The third-order valence-electron chi connectivity index (χ3n) is 6.75. The van der Waals surface area contributed by atoms with Crippen molar-refractivity contribution in [1.82, 2.24) is 14.5 Å². The Balaban J connectivity index is 1.39. The predicted octanol–water partition coefficient (Wildman–Crippen LogP) is 4.22. The van der Waals surface area contributed by atoms with Gasteiger partial charge in [0.15, 0.2) is 0 Å². The molecule has 1 fully saturated rings. The lowest BCUT2D eigenvalue weighted by atomic mass is 9.89. The number of amides is 1. The first kappa shape index (κ1) is 20.2. The van der Waals surface area contributed by atoms with Crippen LogP contribution in [0.15, 0.2) is 29.1 Å². The molecule has 162 valence electrons. The van der Waals surface area contributed by atoms with Gasteiger partial charge in [-0.25, -0.2) is 4.98 Å². The molecule has 0 bridgehead atoms. The number of hydrogen-bond acceptors (Lipinski definition) is 5. The van der Waals surface area contributed by atoms with Crippen molar-refractivity contribution in [3.05, 3.63) is 56.4 Å². The molecule has 2 aliphatic heterocycles. The second-order valence-electron chi connectivity index (χ2n) is 8.69. The molecule has 0 atom stereocenters. The van der Waals surface area contributed by atoms with E-state index >= 15 is 0 Å². The Morgan fingerprint density at radius 3 is 2.58 bits per heavy atom. The second kappa shape index (κ2) is 8.11. The predicted molar refractivity (Wildman–Crippen MR) is 122 cm³/mol. The topological polar surface area (TPSA) is 75.4 Å². The van der Waals surface area contributed by atoms with Crippen LogP contribution in [0.3, 0.4) is 0 Å². The number of aryl methyl sites for hydroxylation is 2. The number of aromatic nitrogens is 2. The van der Waals surface area contributed by atoms with Gasteiger partial charge >= 0.3 is 0 Å². The standard InChI is InChI=1S/C24H27N3O3S/c1-15-20-22(25-19-5-3-2-4-12-27(19)23(20)29)31-21(15)24(30)26-13-10-17(11-14-26)16-6-8-18(28)9-7-16/h6-9,17,28H,2-5,10-14H2,1H3. The number of nitrogens with zero attached hydrogens (tertiary/aromatic N) is 3. The Morgan fingerprint density at radius 2 is 1.84 bits per heavy atom. The minimum Gasteiger partial charge on any atom is -0.508 e. The van der Waals surface area contributed by atoms with Crippen LogP contribution in [0.5, 0.6) is 5.75 Å². The first-order chi connectivity index (χ1) is 15.0. The zero-order chi connectivity index (χ0) is 21.5. The molecule has 0 unspecified atom stereocenters. The van der Waals surface area contributed by atoms with Crippen molar-refractivity contribution in [3.63, 3.8) is 0 Å². The van der Waals surface area contributed by atoms with E-state index in [4.69, 9.17) is 4.98 Å². The third kappa shape index (κ3) is 3.65. The molecule has 31 heavy (non-hydrogen) atoms. The third-order valence-corrected chi connectivity index (χ3v) is 7.93. The SMILES string of the molecule is Cc1c(C(=O)N2CCC(c3ccc(O)cc3)CC2)sc2nc3n(c(=O)c12)CCCCC3. The van der Waals surface area contributed by atoms with Crippen LogP contribution in [-0.4, -0.2) is 38.6 Å². The minimum absolute atomic E-state index is 0.0146. The highest BCUT2D eigenvalue weighted by Crippen LogP contribution is 2.33. The summed E-state index contributed by atoms with van der Waals surface area (Å²) in [6.45, 7) is 4.00. The normalized spacial score (nSPS) is 17.5. The molecule has 2 aromatic heterocycles. The lowest BCUT2D eigenvalue weighted by molar-refractivity contribution is 0.0717. The first-order valence-corrected chi connectivity index (χ1v) is 12.0. The van der Waals surface area contributed by atoms with E-state index in [9.17, 15) is 14.7 Å². The van der Waals surface area contributed by atoms with Gasteiger partial charge in [0.05, 0.1) is 10.3 Å². The molecule has 1 N–H and O–H groups in total. The summed E-state index contributed by atoms with van der Waals surface area (Å²) in [4.78, 5) is 34.6. The van der Waals surface area contributed by atoms with Crippen LogP contribution in [0.25, 0.3) is 10.2 Å². The Labute approximate surface area is 185 Å². The largest absolute Gasteiger partial charge is 0.508 e. The van der Waals surface area contributed by atoms with E-state index in [1.54, 1.807) is 12.1 Å². The van der Waals surface area contributed by atoms with Crippen molar-refractivity contribution in [2.24, 2.45) is 0 Å². The number of likely N-dealkylation sites (tertiary alicyclic amines) is 1. The van der Waals surface area contributed by atoms with Crippen molar-refractivity contribution in [2.45, 2.75) is 57.9 Å². The zero-order valence-electron chi connectivity index (χ0n) is 17.8. The molecule has 4 heterocycles. The summed E-state index contributed by atoms with van der Waals surface area (Å²) in [7, 11) is 0. The summed E-state index contributed by atoms with van der Waals surface area (Å²) >= 11 is 1.37. The maximum absolute atomic E-state index is 13.3. The fraction of sp³-hybridized carbons (Fsp3) is 0.458. The van der Waals surface area contributed by atoms with Crippen molar-refractivity contribution < 1.29 is 9.90 Å². The van der Waals surface area contributed by atoms with E-state index in [0.717, 1.165) is 56.5 Å². The highest BCUT2D eigenvalue weighted by Gasteiger charge is 2.28. The summed E-state index contributed by atoms with van der Waals surface area (Å²) in [5.41, 5.74) is 2.00. The molecule has 0 radical (unpaired) electrons. The maximum atomic E-state index is 13.3. The fourth-order valence-electron chi connectivity index (χ4n) is 4.92. The summed E-state index contributed by atoms with van der Waals surface area (Å²) in [6.07, 6.45) is 5.82. The summed E-state index contributed by atoms with van der Waals surface area (Å²) in [5, 5.41) is 10.1. The molecule has 0 saturated carbocycles. The zero-order valence-corrected chi connectivity index (χ0v) is 18.6. The van der Waals surface area contributed by atoms with Gasteiger partial charge in [-0.3, -0.25) is 14.2 Å². The quantitative estimate of drug-likeness (QED) is 0.651. The average Bonchev–Trinajstić information content (AvgIpc) is 2.95. The van der Waals surface area contributed by atoms with Crippen molar-refractivity contribution in [3.8, 4) is 5.75 Å². The number of benzene rings is 1. The highest BCUT2D eigenvalue weighted by atomic mass is 32.1. The van der Waals surface area contributed by atoms with Crippen LogP contribution in [0, 0.1) is 6.92 Å². The molecule has 6 nitrogen and oxygen atoms in total. The van der Waals surface area contributed by atoms with Gasteiger partial charge in [-0.05, 0) is 61.8 Å². The first-order valence-electron chi connectivity index (χ1n) is 11.1. The summed E-state index contributed by atoms with van der Waals surface area (Å²) in [6, 6.07) is 7.38. The number of carbonyl (C=O) groups excluding carboxylic acids is 1. The Morgan fingerprint density at radius 1 is 1.10 bits per heavy atom. The lowest BCUT2D eigenvalue weighted by Crippen LogP contribution is -2.37. The Bertz CT molecular complexity index is 1190. The molecule has 5 rings (SSSR count). The van der Waals surface area contributed by atoms with Crippen molar-refractivity contribution in [2.75, 3.05) is 13.1 Å². The number of hydrogen-bond donors (Lipinski definition) is 1. The Kier molecular flexibility index (Phi) is 5.30. The van der Waals surface area contributed by atoms with Crippen LogP contribution >= 0.6 is 11.3 Å². The molecule has 1 amide bonds. The van der Waals surface area contributed by atoms with Gasteiger partial charge in [0.2, 0.25) is 0 Å². The van der Waals surface area contributed by atoms with E-state index in [1.807, 2.05) is 28.5 Å². The lowest BCUT2D eigenvalue weighted by Gasteiger charge is -2.32. The van der Waals surface area contributed by atoms with E-state index in [-0.39, 0.29) is 17.2 Å². The highest BCUT2D eigenvalue weighted by molar-refractivity contribution is 7.20. The van der Waals surface area contributed by atoms with Crippen LogP contribution in [0.4, 0.5) is 0 Å². The fourth-order valence-corrected chi connectivity index (χ4v) is 6.08. The van der Waals surface area contributed by atoms with Gasteiger partial charge in [0, 0.05) is 26.1 Å². The van der Waals surface area contributed by atoms with Crippen LogP contribution in [0.2, 0.25) is 0 Å². The van der Waals surface area contributed by atoms with Crippen molar-refractivity contribution in [1.29, 1.82) is 0 Å². The number of phenolic OH excluding ortho intramolecular Hbond substituents is 1. The molecule has 3 aromatic rings. The molecule has 0 spiro atoms. The maximum Gasteiger partial charge on any atom is 0.264 e. The molecular weight excluding hydrogens is 410 g/mol. The number of fused-ring (bicyclic) bond motifs is 2. The van der Waals surface area contributed by atoms with E-state index < -0.39 is 0 Å². The van der Waals surface area contributed by atoms with Gasteiger partial charge in [-0.15, -0.1) is 11.3 Å². The molecule has 2 aliphatic rings. The molecule has 1 saturated heterocycles. The van der Waals surface area contributed by atoms with Gasteiger partial charge in [-0.2, -0.15) is 0 Å². The number of piperidine rings is 1. The number of rotatable bonds is 2. The smallest absolute Gasteiger partial charge is 0.264 e. The molecule has 0 aliphatic carbocycles.